The number of hydrogen-bond acceptors (Lipinski definition) is 4. The van der Waals surface area contributed by atoms with Gasteiger partial charge >= 0.3 is 6.09 Å². The van der Waals surface area contributed by atoms with Crippen molar-refractivity contribution in [3.63, 3.8) is 0 Å². The number of rotatable bonds is 3. The minimum absolute atomic E-state index is 0.0509. The number of nitrogens with one attached hydrogen (secondary N) is 1. The lowest BCUT2D eigenvalue weighted by atomic mass is 9.83. The van der Waals surface area contributed by atoms with Crippen molar-refractivity contribution in [3.05, 3.63) is 18.3 Å². The van der Waals surface area contributed by atoms with Gasteiger partial charge in [0.15, 0.2) is 0 Å². The van der Waals surface area contributed by atoms with E-state index in [-0.39, 0.29) is 17.6 Å². The summed E-state index contributed by atoms with van der Waals surface area (Å²) < 4.78 is 0. The molecule has 2 rings (SSSR count). The summed E-state index contributed by atoms with van der Waals surface area (Å²) in [7, 11) is 0. The Balaban J connectivity index is 1.94. The zero-order valence-corrected chi connectivity index (χ0v) is 12.1. The fraction of sp³-hybridized carbons (Fsp3) is 0.571. The quantitative estimate of drug-likeness (QED) is 0.789. The van der Waals surface area contributed by atoms with Crippen LogP contribution in [0.1, 0.15) is 33.6 Å². The molecular weight excluding hydrogens is 256 g/mol. The number of amides is 1. The number of anilines is 2. The molecule has 4 N–H and O–H groups in total. The van der Waals surface area contributed by atoms with E-state index in [0.29, 0.717) is 11.5 Å². The predicted molar refractivity (Wildman–Crippen MR) is 78.7 cm³/mol. The van der Waals surface area contributed by atoms with E-state index in [1.54, 1.807) is 18.3 Å². The molecule has 0 aliphatic heterocycles. The van der Waals surface area contributed by atoms with Gasteiger partial charge in [0.2, 0.25) is 0 Å². The second kappa shape index (κ2) is 5.19. The van der Waals surface area contributed by atoms with E-state index < -0.39 is 6.09 Å². The molecule has 1 amide bonds. The fourth-order valence-electron chi connectivity index (χ4n) is 2.64. The number of pyridine rings is 1. The number of hydrogen-bond donors (Lipinski definition) is 3. The maximum atomic E-state index is 11.4. The molecule has 1 aliphatic carbocycles. The number of nitrogen functional groups attached to an aromatic ring is 1. The van der Waals surface area contributed by atoms with Crippen LogP contribution in [0.4, 0.5) is 16.3 Å². The molecule has 6 nitrogen and oxygen atoms in total. The third-order valence-corrected chi connectivity index (χ3v) is 3.59. The SMILES string of the molecule is CC(C)(C)N(C(=O)O)[C@H]1C[C@H](Nc2ncccc2N)C1. The maximum Gasteiger partial charge on any atom is 0.407 e. The lowest BCUT2D eigenvalue weighted by Gasteiger charge is -2.47. The number of carbonyl (C=O) groups is 1. The van der Waals surface area contributed by atoms with Gasteiger partial charge in [0, 0.05) is 23.8 Å². The van der Waals surface area contributed by atoms with Gasteiger partial charge in [0.25, 0.3) is 0 Å². The third kappa shape index (κ3) is 2.95. The van der Waals surface area contributed by atoms with Gasteiger partial charge in [0.1, 0.15) is 5.82 Å². The van der Waals surface area contributed by atoms with Gasteiger partial charge < -0.3 is 21.1 Å². The number of nitrogens with zero attached hydrogens (tertiary/aromatic N) is 2. The zero-order valence-electron chi connectivity index (χ0n) is 12.1. The Hall–Kier alpha value is -1.98. The predicted octanol–water partition coefficient (Wildman–Crippen LogP) is 2.39. The second-order valence-electron chi connectivity index (χ2n) is 6.23. The summed E-state index contributed by atoms with van der Waals surface area (Å²) in [6.07, 6.45) is 2.38. The molecule has 0 unspecified atom stereocenters. The van der Waals surface area contributed by atoms with Crippen LogP contribution in [-0.2, 0) is 0 Å². The Morgan fingerprint density at radius 1 is 1.50 bits per heavy atom. The van der Waals surface area contributed by atoms with Gasteiger partial charge in [-0.2, -0.15) is 0 Å². The van der Waals surface area contributed by atoms with Crippen molar-refractivity contribution in [1.82, 2.24) is 9.88 Å². The molecular formula is C14H22N4O2. The monoisotopic (exact) mass is 278 g/mol. The van der Waals surface area contributed by atoms with E-state index in [1.165, 1.54) is 4.90 Å². The molecule has 1 heterocycles. The first-order valence-corrected chi connectivity index (χ1v) is 6.78. The molecule has 0 saturated heterocycles. The van der Waals surface area contributed by atoms with E-state index in [4.69, 9.17) is 5.73 Å². The van der Waals surface area contributed by atoms with E-state index in [9.17, 15) is 9.90 Å². The van der Waals surface area contributed by atoms with Crippen LogP contribution in [0.3, 0.4) is 0 Å². The van der Waals surface area contributed by atoms with Crippen LogP contribution < -0.4 is 11.1 Å². The van der Waals surface area contributed by atoms with Gasteiger partial charge in [-0.25, -0.2) is 9.78 Å². The molecule has 0 spiro atoms. The lowest BCUT2D eigenvalue weighted by molar-refractivity contribution is 0.0379. The Morgan fingerprint density at radius 3 is 2.65 bits per heavy atom. The Bertz CT molecular complexity index is 492. The fourth-order valence-corrected chi connectivity index (χ4v) is 2.64. The van der Waals surface area contributed by atoms with E-state index >= 15 is 0 Å². The smallest absolute Gasteiger partial charge is 0.407 e. The largest absolute Gasteiger partial charge is 0.465 e. The molecule has 1 saturated carbocycles. The minimum atomic E-state index is -0.863. The third-order valence-electron chi connectivity index (χ3n) is 3.59. The first kappa shape index (κ1) is 14.4. The van der Waals surface area contributed by atoms with Crippen LogP contribution in [0, 0.1) is 0 Å². The summed E-state index contributed by atoms with van der Waals surface area (Å²) in [4.78, 5) is 17.1. The maximum absolute atomic E-state index is 11.4. The van der Waals surface area contributed by atoms with Gasteiger partial charge in [-0.3, -0.25) is 0 Å². The molecule has 1 fully saturated rings. The molecule has 20 heavy (non-hydrogen) atoms. The first-order chi connectivity index (χ1) is 9.29. The van der Waals surface area contributed by atoms with Gasteiger partial charge in [0.05, 0.1) is 5.69 Å². The summed E-state index contributed by atoms with van der Waals surface area (Å²) in [6.45, 7) is 5.75. The van der Waals surface area contributed by atoms with Crippen LogP contribution in [0.15, 0.2) is 18.3 Å². The van der Waals surface area contributed by atoms with Crippen molar-refractivity contribution in [2.75, 3.05) is 11.1 Å². The van der Waals surface area contributed by atoms with Crippen molar-refractivity contribution in [2.45, 2.75) is 51.2 Å². The van der Waals surface area contributed by atoms with Crippen LogP contribution in [0.5, 0.6) is 0 Å². The molecule has 110 valence electrons. The average molecular weight is 278 g/mol. The number of carboxylic acid groups (broad SMARTS) is 1. The minimum Gasteiger partial charge on any atom is -0.465 e. The Kier molecular flexibility index (Phi) is 3.74. The van der Waals surface area contributed by atoms with E-state index in [2.05, 4.69) is 10.3 Å². The zero-order chi connectivity index (χ0) is 14.9. The van der Waals surface area contributed by atoms with Crippen molar-refractivity contribution < 1.29 is 9.90 Å². The molecule has 0 atom stereocenters. The van der Waals surface area contributed by atoms with Crippen molar-refractivity contribution in [2.24, 2.45) is 0 Å². The molecule has 1 aromatic rings. The normalized spacial score (nSPS) is 21.9. The Morgan fingerprint density at radius 2 is 2.15 bits per heavy atom. The highest BCUT2D eigenvalue weighted by atomic mass is 16.4. The van der Waals surface area contributed by atoms with E-state index in [0.717, 1.165) is 12.8 Å². The van der Waals surface area contributed by atoms with Crippen LogP contribution >= 0.6 is 0 Å². The van der Waals surface area contributed by atoms with Crippen LogP contribution in [-0.4, -0.2) is 38.7 Å². The lowest BCUT2D eigenvalue weighted by Crippen LogP contribution is -2.58. The summed E-state index contributed by atoms with van der Waals surface area (Å²) in [5, 5.41) is 12.6. The van der Waals surface area contributed by atoms with Gasteiger partial charge in [-0.15, -0.1) is 0 Å². The number of nitrogens with two attached hydrogens (primary N) is 1. The molecule has 0 bridgehead atoms. The summed E-state index contributed by atoms with van der Waals surface area (Å²) in [5.41, 5.74) is 6.06. The average Bonchev–Trinajstić information content (AvgIpc) is 2.26. The van der Waals surface area contributed by atoms with E-state index in [1.807, 2.05) is 20.8 Å². The summed E-state index contributed by atoms with van der Waals surface area (Å²) in [6, 6.07) is 3.86. The molecule has 0 radical (unpaired) electrons. The number of aromatic nitrogens is 1. The van der Waals surface area contributed by atoms with Crippen LogP contribution in [0.2, 0.25) is 0 Å². The van der Waals surface area contributed by atoms with Crippen molar-refractivity contribution in [3.8, 4) is 0 Å². The summed E-state index contributed by atoms with van der Waals surface area (Å²) >= 11 is 0. The van der Waals surface area contributed by atoms with Crippen molar-refractivity contribution in [1.29, 1.82) is 0 Å². The molecule has 1 aromatic heterocycles. The highest BCUT2D eigenvalue weighted by Gasteiger charge is 2.41. The Labute approximate surface area is 119 Å². The molecule has 6 heteroatoms. The topological polar surface area (TPSA) is 91.5 Å². The summed E-state index contributed by atoms with van der Waals surface area (Å²) in [5.74, 6) is 0.675. The van der Waals surface area contributed by atoms with Gasteiger partial charge in [-0.1, -0.05) is 0 Å². The molecule has 0 aromatic carbocycles. The van der Waals surface area contributed by atoms with Crippen LogP contribution in [0.25, 0.3) is 0 Å². The highest BCUT2D eigenvalue weighted by molar-refractivity contribution is 5.67. The highest BCUT2D eigenvalue weighted by Crippen LogP contribution is 2.33. The molecule has 1 aliphatic rings. The first-order valence-electron chi connectivity index (χ1n) is 6.78. The van der Waals surface area contributed by atoms with Gasteiger partial charge in [-0.05, 0) is 45.7 Å². The second-order valence-corrected chi connectivity index (χ2v) is 6.23. The van der Waals surface area contributed by atoms with Crippen molar-refractivity contribution >= 4 is 17.6 Å². The standard InChI is InChI=1S/C14H22N4O2/c1-14(2,3)18(13(19)20)10-7-9(8-10)17-12-11(15)5-4-6-16-12/h4-6,9-10H,7-8,15H2,1-3H3,(H,16,17)(H,19,20)/t9-,10-.